The smallest absolute Gasteiger partial charge is 0.196 e. The number of halogens is 3. The van der Waals surface area contributed by atoms with Gasteiger partial charge in [-0.1, -0.05) is 13.8 Å². The Balaban J connectivity index is 2.17. The largest absolute Gasteiger partial charge is 0.388 e. The topological polar surface area (TPSA) is 25.2 Å². The third-order valence-electron chi connectivity index (χ3n) is 4.05. The second kappa shape index (κ2) is 4.63. The summed E-state index contributed by atoms with van der Waals surface area (Å²) in [5.74, 6) is -3.91. The average Bonchev–Trinajstić information content (AvgIpc) is 2.79. The molecule has 0 fully saturated rings. The average molecular weight is 295 g/mol. The van der Waals surface area contributed by atoms with Gasteiger partial charge in [0.2, 0.25) is 0 Å². The minimum Gasteiger partial charge on any atom is -0.388 e. The molecular weight excluding hydrogens is 279 g/mol. The molecule has 0 amide bonds. The molecular formula is C16H16F3NO. The first kappa shape index (κ1) is 14.2. The van der Waals surface area contributed by atoms with Crippen molar-refractivity contribution in [1.82, 2.24) is 4.57 Å². The lowest BCUT2D eigenvalue weighted by Gasteiger charge is -2.34. The van der Waals surface area contributed by atoms with Gasteiger partial charge in [-0.2, -0.15) is 0 Å². The predicted octanol–water partition coefficient (Wildman–Crippen LogP) is 3.90. The van der Waals surface area contributed by atoms with E-state index < -0.39 is 23.6 Å². The number of hydrogen-bond donors (Lipinski definition) is 1. The second-order valence-corrected chi connectivity index (χ2v) is 6.34. The van der Waals surface area contributed by atoms with Crippen molar-refractivity contribution in [1.29, 1.82) is 0 Å². The molecule has 0 saturated heterocycles. The van der Waals surface area contributed by atoms with E-state index in [-0.39, 0.29) is 11.1 Å². The van der Waals surface area contributed by atoms with Crippen LogP contribution in [0.15, 0.2) is 24.4 Å². The number of hydrogen-bond acceptors (Lipinski definition) is 1. The maximum absolute atomic E-state index is 14.0. The lowest BCUT2D eigenvalue weighted by molar-refractivity contribution is 0.0986. The van der Waals surface area contributed by atoms with E-state index in [4.69, 9.17) is 0 Å². The van der Waals surface area contributed by atoms with Crippen LogP contribution in [-0.2, 0) is 6.42 Å². The van der Waals surface area contributed by atoms with E-state index in [1.54, 1.807) is 12.3 Å². The molecule has 3 rings (SSSR count). The summed E-state index contributed by atoms with van der Waals surface area (Å²) in [7, 11) is 0. The van der Waals surface area contributed by atoms with Crippen molar-refractivity contribution in [2.45, 2.75) is 32.8 Å². The molecule has 2 nitrogen and oxygen atoms in total. The Morgan fingerprint density at radius 2 is 1.86 bits per heavy atom. The SMILES string of the molecule is CC1(C)Cc2c(ccn2-c2ccc(F)c(F)c2F)C(O)C1. The second-order valence-electron chi connectivity index (χ2n) is 6.34. The number of fused-ring (bicyclic) bond motifs is 1. The summed E-state index contributed by atoms with van der Waals surface area (Å²) < 4.78 is 42.0. The van der Waals surface area contributed by atoms with Gasteiger partial charge in [-0.15, -0.1) is 0 Å². The van der Waals surface area contributed by atoms with Crippen LogP contribution in [0, 0.1) is 22.9 Å². The van der Waals surface area contributed by atoms with Crippen LogP contribution in [0.1, 0.15) is 37.6 Å². The zero-order valence-corrected chi connectivity index (χ0v) is 11.8. The molecule has 1 N–H and O–H groups in total. The maximum atomic E-state index is 14.0. The first-order valence-corrected chi connectivity index (χ1v) is 6.82. The summed E-state index contributed by atoms with van der Waals surface area (Å²) in [5.41, 5.74) is 1.28. The molecule has 5 heteroatoms. The quantitative estimate of drug-likeness (QED) is 0.793. The summed E-state index contributed by atoms with van der Waals surface area (Å²) >= 11 is 0. The van der Waals surface area contributed by atoms with Crippen LogP contribution in [-0.4, -0.2) is 9.67 Å². The monoisotopic (exact) mass is 295 g/mol. The van der Waals surface area contributed by atoms with Crippen LogP contribution in [0.5, 0.6) is 0 Å². The van der Waals surface area contributed by atoms with E-state index in [0.29, 0.717) is 12.8 Å². The Kier molecular flexibility index (Phi) is 3.13. The van der Waals surface area contributed by atoms with E-state index in [2.05, 4.69) is 0 Å². The van der Waals surface area contributed by atoms with Crippen LogP contribution in [0.3, 0.4) is 0 Å². The highest BCUT2D eigenvalue weighted by Crippen LogP contribution is 2.42. The van der Waals surface area contributed by atoms with Crippen molar-refractivity contribution < 1.29 is 18.3 Å². The molecule has 1 aliphatic carbocycles. The summed E-state index contributed by atoms with van der Waals surface area (Å²) in [5, 5.41) is 10.2. The summed E-state index contributed by atoms with van der Waals surface area (Å²) in [6.07, 6.45) is 2.21. The van der Waals surface area contributed by atoms with Gasteiger partial charge in [0.15, 0.2) is 17.5 Å². The summed E-state index contributed by atoms with van der Waals surface area (Å²) in [6, 6.07) is 3.82. The number of nitrogens with zero attached hydrogens (tertiary/aromatic N) is 1. The number of rotatable bonds is 1. The fourth-order valence-corrected chi connectivity index (χ4v) is 3.06. The highest BCUT2D eigenvalue weighted by Gasteiger charge is 2.34. The minimum atomic E-state index is -1.48. The molecule has 1 aliphatic rings. The van der Waals surface area contributed by atoms with Gasteiger partial charge in [0.05, 0.1) is 11.8 Å². The standard InChI is InChI=1S/C16H16F3NO/c1-16(2)7-12-9(13(21)8-16)5-6-20(12)11-4-3-10(17)14(18)15(11)19/h3-6,13,21H,7-8H2,1-2H3. The fraction of sp³-hybridized carbons (Fsp3) is 0.375. The van der Waals surface area contributed by atoms with E-state index >= 15 is 0 Å². The summed E-state index contributed by atoms with van der Waals surface area (Å²) in [6.45, 7) is 4.02. The van der Waals surface area contributed by atoms with E-state index in [1.165, 1.54) is 10.6 Å². The van der Waals surface area contributed by atoms with Gasteiger partial charge in [0.1, 0.15) is 0 Å². The molecule has 2 aromatic rings. The third-order valence-corrected chi connectivity index (χ3v) is 4.05. The molecule has 0 aliphatic heterocycles. The lowest BCUT2D eigenvalue weighted by Crippen LogP contribution is -2.26. The Labute approximate surface area is 120 Å². The van der Waals surface area contributed by atoms with E-state index in [1.807, 2.05) is 13.8 Å². The Morgan fingerprint density at radius 3 is 2.57 bits per heavy atom. The van der Waals surface area contributed by atoms with Crippen molar-refractivity contribution in [2.24, 2.45) is 5.41 Å². The van der Waals surface area contributed by atoms with Crippen LogP contribution >= 0.6 is 0 Å². The number of aromatic nitrogens is 1. The van der Waals surface area contributed by atoms with Gasteiger partial charge >= 0.3 is 0 Å². The lowest BCUT2D eigenvalue weighted by atomic mass is 9.75. The maximum Gasteiger partial charge on any atom is 0.196 e. The van der Waals surface area contributed by atoms with Gasteiger partial charge in [-0.3, -0.25) is 0 Å². The third kappa shape index (κ3) is 2.25. The van der Waals surface area contributed by atoms with Crippen molar-refractivity contribution in [3.63, 3.8) is 0 Å². The molecule has 0 bridgehead atoms. The van der Waals surface area contributed by atoms with Crippen molar-refractivity contribution >= 4 is 0 Å². The molecule has 1 unspecified atom stereocenters. The van der Waals surface area contributed by atoms with E-state index in [9.17, 15) is 18.3 Å². The van der Waals surface area contributed by atoms with Crippen LogP contribution < -0.4 is 0 Å². The van der Waals surface area contributed by atoms with Crippen LogP contribution in [0.25, 0.3) is 5.69 Å². The Hall–Kier alpha value is -1.75. The molecule has 1 aromatic heterocycles. The van der Waals surface area contributed by atoms with Gasteiger partial charge in [0, 0.05) is 17.5 Å². The van der Waals surface area contributed by atoms with Gasteiger partial charge in [-0.25, -0.2) is 13.2 Å². The molecule has 1 atom stereocenters. The molecule has 1 heterocycles. The van der Waals surface area contributed by atoms with Gasteiger partial charge < -0.3 is 9.67 Å². The zero-order valence-electron chi connectivity index (χ0n) is 11.8. The van der Waals surface area contributed by atoms with Crippen molar-refractivity contribution in [2.75, 3.05) is 0 Å². The highest BCUT2D eigenvalue weighted by atomic mass is 19.2. The molecule has 0 spiro atoms. The van der Waals surface area contributed by atoms with Crippen molar-refractivity contribution in [3.05, 3.63) is 53.1 Å². The van der Waals surface area contributed by atoms with E-state index in [0.717, 1.165) is 17.3 Å². The number of aliphatic hydroxyl groups is 1. The molecule has 21 heavy (non-hydrogen) atoms. The highest BCUT2D eigenvalue weighted by molar-refractivity contribution is 5.42. The van der Waals surface area contributed by atoms with Gasteiger partial charge in [-0.05, 0) is 36.5 Å². The zero-order chi connectivity index (χ0) is 15.4. The molecule has 0 radical (unpaired) electrons. The predicted molar refractivity (Wildman–Crippen MR) is 72.7 cm³/mol. The number of aliphatic hydroxyl groups excluding tert-OH is 1. The molecule has 0 saturated carbocycles. The van der Waals surface area contributed by atoms with Gasteiger partial charge in [0.25, 0.3) is 0 Å². The van der Waals surface area contributed by atoms with Crippen LogP contribution in [0.4, 0.5) is 13.2 Å². The minimum absolute atomic E-state index is 0.0416. The van der Waals surface area contributed by atoms with Crippen LogP contribution in [0.2, 0.25) is 0 Å². The normalized spacial score (nSPS) is 20.4. The molecule has 112 valence electrons. The number of benzene rings is 1. The summed E-state index contributed by atoms with van der Waals surface area (Å²) in [4.78, 5) is 0. The first-order chi connectivity index (χ1) is 9.80. The Morgan fingerprint density at radius 1 is 1.14 bits per heavy atom. The van der Waals surface area contributed by atoms with Crippen molar-refractivity contribution in [3.8, 4) is 5.69 Å². The fourth-order valence-electron chi connectivity index (χ4n) is 3.06. The first-order valence-electron chi connectivity index (χ1n) is 6.82. The molecule has 1 aromatic carbocycles. The Bertz CT molecular complexity index is 706.